The van der Waals surface area contributed by atoms with Gasteiger partial charge in [-0.1, -0.05) is 6.92 Å². The van der Waals surface area contributed by atoms with Crippen LogP contribution in [0.4, 0.5) is 4.39 Å². The Morgan fingerprint density at radius 3 is 2.86 bits per heavy atom. The predicted molar refractivity (Wildman–Crippen MR) is 76.1 cm³/mol. The number of thiophene rings is 1. The molecule has 2 aromatic rings. The maximum Gasteiger partial charge on any atom is 0.349 e. The van der Waals surface area contributed by atoms with E-state index < -0.39 is 11.8 Å². The zero-order chi connectivity index (χ0) is 15.4. The van der Waals surface area contributed by atoms with Gasteiger partial charge in [0, 0.05) is 10.4 Å². The van der Waals surface area contributed by atoms with Crippen molar-refractivity contribution < 1.29 is 19.0 Å². The molecule has 0 saturated heterocycles. The Morgan fingerprint density at radius 1 is 1.48 bits per heavy atom. The summed E-state index contributed by atoms with van der Waals surface area (Å²) >= 11 is 1.15. The number of carboxylic acids is 1. The van der Waals surface area contributed by atoms with Crippen molar-refractivity contribution in [1.29, 1.82) is 5.26 Å². The Morgan fingerprint density at radius 2 is 2.24 bits per heavy atom. The normalized spacial score (nSPS) is 10.1. The van der Waals surface area contributed by atoms with Crippen molar-refractivity contribution in [2.24, 2.45) is 0 Å². The third-order valence-electron chi connectivity index (χ3n) is 2.86. The van der Waals surface area contributed by atoms with E-state index in [0.29, 0.717) is 17.5 Å². The van der Waals surface area contributed by atoms with Crippen LogP contribution in [0.2, 0.25) is 0 Å². The minimum Gasteiger partial charge on any atom is -0.487 e. The van der Waals surface area contributed by atoms with Crippen molar-refractivity contribution in [2.45, 2.75) is 20.0 Å². The molecule has 0 fully saturated rings. The lowest BCUT2D eigenvalue weighted by atomic mass is 10.1. The largest absolute Gasteiger partial charge is 0.487 e. The van der Waals surface area contributed by atoms with Crippen LogP contribution in [0.25, 0.3) is 0 Å². The number of aromatic carboxylic acids is 1. The maximum atomic E-state index is 13.2. The summed E-state index contributed by atoms with van der Waals surface area (Å²) in [4.78, 5) is 12.2. The third-order valence-corrected chi connectivity index (χ3v) is 4.11. The molecule has 1 aromatic carbocycles. The van der Waals surface area contributed by atoms with Gasteiger partial charge in [0.2, 0.25) is 0 Å². The number of nitriles is 1. The lowest BCUT2D eigenvalue weighted by molar-refractivity contribution is 0.0697. The van der Waals surface area contributed by atoms with E-state index in [0.717, 1.165) is 16.2 Å². The number of halogens is 1. The van der Waals surface area contributed by atoms with E-state index >= 15 is 0 Å². The van der Waals surface area contributed by atoms with Crippen LogP contribution in [0.15, 0.2) is 24.3 Å². The molecule has 0 unspecified atom stereocenters. The lowest BCUT2D eigenvalue weighted by Crippen LogP contribution is -2.02. The lowest BCUT2D eigenvalue weighted by Gasteiger charge is -2.07. The van der Waals surface area contributed by atoms with Gasteiger partial charge in [-0.2, -0.15) is 5.26 Å². The minimum atomic E-state index is -1.06. The van der Waals surface area contributed by atoms with E-state index in [4.69, 9.17) is 15.1 Å². The fraction of sp³-hybridized carbons (Fsp3) is 0.200. The summed E-state index contributed by atoms with van der Waals surface area (Å²) in [5.41, 5.74) is 0.692. The van der Waals surface area contributed by atoms with Crippen molar-refractivity contribution >= 4 is 17.3 Å². The molecule has 0 aliphatic carbocycles. The molecule has 0 radical (unpaired) electrons. The number of carboxylic acid groups (broad SMARTS) is 1. The van der Waals surface area contributed by atoms with E-state index in [1.54, 1.807) is 6.07 Å². The van der Waals surface area contributed by atoms with E-state index in [2.05, 4.69) is 0 Å². The molecule has 6 heteroatoms. The second-order valence-electron chi connectivity index (χ2n) is 4.27. The summed E-state index contributed by atoms with van der Waals surface area (Å²) in [6.07, 6.45) is 0.706. The molecule has 1 aromatic heterocycles. The molecule has 0 saturated carbocycles. The number of hydrogen-bond donors (Lipinski definition) is 1. The highest BCUT2D eigenvalue weighted by molar-refractivity contribution is 7.14. The fourth-order valence-electron chi connectivity index (χ4n) is 1.80. The second kappa shape index (κ2) is 6.37. The van der Waals surface area contributed by atoms with Crippen LogP contribution in [0.5, 0.6) is 5.75 Å². The minimum absolute atomic E-state index is 0.0547. The first kappa shape index (κ1) is 15.0. The van der Waals surface area contributed by atoms with Crippen LogP contribution in [-0.2, 0) is 13.0 Å². The van der Waals surface area contributed by atoms with Gasteiger partial charge in [0.15, 0.2) is 4.88 Å². The molecular weight excluding hydrogens is 293 g/mol. The van der Waals surface area contributed by atoms with Crippen LogP contribution in [0, 0.1) is 17.1 Å². The van der Waals surface area contributed by atoms with Gasteiger partial charge in [0.05, 0.1) is 11.6 Å². The Bertz CT molecular complexity index is 718. The Labute approximate surface area is 125 Å². The fourth-order valence-corrected chi connectivity index (χ4v) is 2.68. The van der Waals surface area contributed by atoms with Crippen LogP contribution >= 0.6 is 11.3 Å². The van der Waals surface area contributed by atoms with Gasteiger partial charge >= 0.3 is 5.97 Å². The van der Waals surface area contributed by atoms with Crippen LogP contribution in [-0.4, -0.2) is 11.1 Å². The van der Waals surface area contributed by atoms with Crippen molar-refractivity contribution in [1.82, 2.24) is 0 Å². The summed E-state index contributed by atoms with van der Waals surface area (Å²) in [6, 6.07) is 7.40. The van der Waals surface area contributed by atoms with Crippen molar-refractivity contribution in [3.63, 3.8) is 0 Å². The molecule has 0 bridgehead atoms. The molecule has 108 valence electrons. The highest BCUT2D eigenvalue weighted by atomic mass is 32.1. The van der Waals surface area contributed by atoms with Gasteiger partial charge < -0.3 is 9.84 Å². The highest BCUT2D eigenvalue weighted by Gasteiger charge is 2.17. The van der Waals surface area contributed by atoms with E-state index in [1.807, 2.05) is 13.0 Å². The van der Waals surface area contributed by atoms with Crippen LogP contribution in [0.3, 0.4) is 0 Å². The third kappa shape index (κ3) is 3.38. The molecule has 2 rings (SSSR count). The number of aryl methyl sites for hydroxylation is 1. The molecule has 1 N–H and O–H groups in total. The topological polar surface area (TPSA) is 70.3 Å². The summed E-state index contributed by atoms with van der Waals surface area (Å²) in [5, 5.41) is 18.1. The standard InChI is InChI=1S/C15H12FNO3S/c1-2-12-6-13(14(21-12)15(18)19)20-8-10-5-11(16)4-3-9(10)7-17/h3-6H,2,8H2,1H3,(H,18,19). The number of carbonyl (C=O) groups is 1. The highest BCUT2D eigenvalue weighted by Crippen LogP contribution is 2.30. The summed E-state index contributed by atoms with van der Waals surface area (Å²) in [5.74, 6) is -1.28. The quantitative estimate of drug-likeness (QED) is 0.916. The summed E-state index contributed by atoms with van der Waals surface area (Å²) in [6.45, 7) is 1.86. The van der Waals surface area contributed by atoms with E-state index in [1.165, 1.54) is 18.2 Å². The molecule has 0 aliphatic heterocycles. The van der Waals surface area contributed by atoms with Crippen LogP contribution < -0.4 is 4.74 Å². The monoisotopic (exact) mass is 305 g/mol. The Balaban J connectivity index is 2.24. The average Bonchev–Trinajstić information content (AvgIpc) is 2.89. The molecule has 4 nitrogen and oxygen atoms in total. The van der Waals surface area contributed by atoms with Gasteiger partial charge in [0.25, 0.3) is 0 Å². The molecule has 0 amide bonds. The molecule has 0 spiro atoms. The molecule has 21 heavy (non-hydrogen) atoms. The van der Waals surface area contributed by atoms with Crippen molar-refractivity contribution in [2.75, 3.05) is 0 Å². The number of hydrogen-bond acceptors (Lipinski definition) is 4. The first-order chi connectivity index (χ1) is 10.0. The van der Waals surface area contributed by atoms with Gasteiger partial charge in [0.1, 0.15) is 18.2 Å². The first-order valence-corrected chi connectivity index (χ1v) is 7.04. The first-order valence-electron chi connectivity index (χ1n) is 6.22. The van der Waals surface area contributed by atoms with Gasteiger partial charge in [-0.05, 0) is 30.7 Å². The SMILES string of the molecule is CCc1cc(OCc2cc(F)ccc2C#N)c(C(=O)O)s1. The molecule has 1 heterocycles. The van der Waals surface area contributed by atoms with Gasteiger partial charge in [-0.15, -0.1) is 11.3 Å². The molecular formula is C15H12FNO3S. The van der Waals surface area contributed by atoms with Gasteiger partial charge in [-0.3, -0.25) is 0 Å². The van der Waals surface area contributed by atoms with Crippen molar-refractivity contribution in [3.05, 3.63) is 51.0 Å². The molecule has 0 aliphatic rings. The number of benzene rings is 1. The predicted octanol–water partition coefficient (Wildman–Crippen LogP) is 3.60. The summed E-state index contributed by atoms with van der Waals surface area (Å²) < 4.78 is 18.7. The van der Waals surface area contributed by atoms with Crippen LogP contribution in [0.1, 0.15) is 32.6 Å². The zero-order valence-electron chi connectivity index (χ0n) is 11.2. The Hall–Kier alpha value is -2.39. The van der Waals surface area contributed by atoms with Crippen molar-refractivity contribution in [3.8, 4) is 11.8 Å². The number of rotatable bonds is 5. The number of nitrogens with zero attached hydrogens (tertiary/aromatic N) is 1. The van der Waals surface area contributed by atoms with E-state index in [9.17, 15) is 9.18 Å². The second-order valence-corrected chi connectivity index (χ2v) is 5.40. The summed E-state index contributed by atoms with van der Waals surface area (Å²) in [7, 11) is 0. The zero-order valence-corrected chi connectivity index (χ0v) is 12.0. The van der Waals surface area contributed by atoms with E-state index in [-0.39, 0.29) is 17.2 Å². The number of ether oxygens (including phenoxy) is 1. The van der Waals surface area contributed by atoms with Gasteiger partial charge in [-0.25, -0.2) is 9.18 Å². The Kier molecular flexibility index (Phi) is 4.55. The average molecular weight is 305 g/mol. The smallest absolute Gasteiger partial charge is 0.349 e. The maximum absolute atomic E-state index is 13.2. The molecule has 0 atom stereocenters.